The standard InChI is InChI=1S/C20H19BrClFN2O5/c21-11-1-3-15(14(23)7-11)25-6-5-20(28,17(26)8-25)10-30-16-4-2-13(22)18-12(16)9-29-19(27)24-18/h1-4,7,17,26,28H,5-6,8-10H2,(H,24,27)/t17-,20-/m1/s1. The molecule has 30 heavy (non-hydrogen) atoms. The minimum atomic E-state index is -1.52. The summed E-state index contributed by atoms with van der Waals surface area (Å²) in [5.41, 5.74) is -0.207. The Morgan fingerprint density at radius 2 is 2.20 bits per heavy atom. The molecule has 1 saturated heterocycles. The van der Waals surface area contributed by atoms with Crippen LogP contribution in [-0.2, 0) is 11.3 Å². The van der Waals surface area contributed by atoms with Crippen LogP contribution in [0.3, 0.4) is 0 Å². The fourth-order valence-electron chi connectivity index (χ4n) is 3.58. The summed E-state index contributed by atoms with van der Waals surface area (Å²) in [5.74, 6) is -0.0236. The molecule has 2 aromatic rings. The maximum absolute atomic E-state index is 14.3. The van der Waals surface area contributed by atoms with Gasteiger partial charge in [0.1, 0.15) is 36.5 Å². The molecule has 0 spiro atoms. The zero-order valence-electron chi connectivity index (χ0n) is 15.7. The number of β-amino-alcohol motifs (C(OH)–C–C–N with tert-alkyl or cyclic N) is 1. The van der Waals surface area contributed by atoms with E-state index in [0.717, 1.165) is 0 Å². The predicted molar refractivity (Wildman–Crippen MR) is 113 cm³/mol. The Balaban J connectivity index is 1.46. The van der Waals surface area contributed by atoms with Crippen LogP contribution in [0.1, 0.15) is 12.0 Å². The van der Waals surface area contributed by atoms with Crippen molar-refractivity contribution in [1.82, 2.24) is 0 Å². The van der Waals surface area contributed by atoms with E-state index in [1.54, 1.807) is 29.2 Å². The Bertz CT molecular complexity index is 994. The van der Waals surface area contributed by atoms with Gasteiger partial charge in [0.2, 0.25) is 0 Å². The van der Waals surface area contributed by atoms with Gasteiger partial charge in [0.05, 0.1) is 22.0 Å². The monoisotopic (exact) mass is 500 g/mol. The first kappa shape index (κ1) is 21.2. The number of aliphatic hydroxyl groups excluding tert-OH is 1. The second kappa shape index (κ2) is 8.22. The van der Waals surface area contributed by atoms with Gasteiger partial charge in [-0.3, -0.25) is 5.32 Å². The van der Waals surface area contributed by atoms with Gasteiger partial charge in [-0.05, 0) is 36.8 Å². The first-order valence-electron chi connectivity index (χ1n) is 9.25. The summed E-state index contributed by atoms with van der Waals surface area (Å²) in [7, 11) is 0. The Hall–Kier alpha value is -2.07. The van der Waals surface area contributed by atoms with Gasteiger partial charge in [-0.15, -0.1) is 0 Å². The number of hydrogen-bond acceptors (Lipinski definition) is 6. The molecule has 2 aliphatic heterocycles. The van der Waals surface area contributed by atoms with Crippen LogP contribution in [0.4, 0.5) is 20.6 Å². The van der Waals surface area contributed by atoms with Gasteiger partial charge in [-0.1, -0.05) is 27.5 Å². The summed E-state index contributed by atoms with van der Waals surface area (Å²) in [6, 6.07) is 7.89. The zero-order valence-corrected chi connectivity index (χ0v) is 18.0. The number of carbonyl (C=O) groups excluding carboxylic acids is 1. The smallest absolute Gasteiger partial charge is 0.412 e. The molecule has 0 bridgehead atoms. The van der Waals surface area contributed by atoms with Crippen molar-refractivity contribution in [2.24, 2.45) is 0 Å². The maximum Gasteiger partial charge on any atom is 0.412 e. The minimum absolute atomic E-state index is 0.0192. The molecule has 10 heteroatoms. The van der Waals surface area contributed by atoms with E-state index in [0.29, 0.717) is 38.7 Å². The minimum Gasteiger partial charge on any atom is -0.490 e. The number of hydrogen-bond donors (Lipinski definition) is 3. The number of nitrogens with zero attached hydrogens (tertiary/aromatic N) is 1. The third-order valence-electron chi connectivity index (χ3n) is 5.35. The van der Waals surface area contributed by atoms with E-state index in [9.17, 15) is 19.4 Å². The quantitative estimate of drug-likeness (QED) is 0.592. The molecule has 4 rings (SSSR count). The summed E-state index contributed by atoms with van der Waals surface area (Å²) in [4.78, 5) is 13.1. The Morgan fingerprint density at radius 1 is 1.40 bits per heavy atom. The molecule has 2 aliphatic rings. The molecule has 0 aromatic heterocycles. The van der Waals surface area contributed by atoms with E-state index in [1.165, 1.54) is 6.07 Å². The molecule has 0 saturated carbocycles. The van der Waals surface area contributed by atoms with Crippen molar-refractivity contribution in [2.45, 2.75) is 24.7 Å². The lowest BCUT2D eigenvalue weighted by Gasteiger charge is -2.42. The number of cyclic esters (lactones) is 1. The summed E-state index contributed by atoms with van der Waals surface area (Å²) in [6.07, 6.45) is -1.59. The van der Waals surface area contributed by atoms with E-state index >= 15 is 0 Å². The van der Waals surface area contributed by atoms with Gasteiger partial charge < -0.3 is 24.6 Å². The number of amides is 1. The molecule has 2 heterocycles. The average molecular weight is 502 g/mol. The highest BCUT2D eigenvalue weighted by molar-refractivity contribution is 9.10. The number of halogens is 3. The number of anilines is 2. The van der Waals surface area contributed by atoms with Crippen molar-refractivity contribution < 1.29 is 28.9 Å². The maximum atomic E-state index is 14.3. The van der Waals surface area contributed by atoms with Crippen LogP contribution in [0.15, 0.2) is 34.8 Å². The predicted octanol–water partition coefficient (Wildman–Crippen LogP) is 3.68. The first-order valence-corrected chi connectivity index (χ1v) is 10.4. The van der Waals surface area contributed by atoms with E-state index in [1.807, 2.05) is 0 Å². The van der Waals surface area contributed by atoms with Crippen molar-refractivity contribution in [3.05, 3.63) is 51.2 Å². The van der Waals surface area contributed by atoms with Crippen molar-refractivity contribution in [2.75, 3.05) is 29.9 Å². The van der Waals surface area contributed by atoms with Gasteiger partial charge in [0.25, 0.3) is 0 Å². The number of fused-ring (bicyclic) bond motifs is 1. The lowest BCUT2D eigenvalue weighted by atomic mass is 9.89. The molecule has 1 fully saturated rings. The zero-order chi connectivity index (χ0) is 21.5. The van der Waals surface area contributed by atoms with Gasteiger partial charge in [-0.2, -0.15) is 0 Å². The number of carbonyl (C=O) groups is 1. The second-order valence-corrected chi connectivity index (χ2v) is 8.62. The Morgan fingerprint density at radius 3 is 2.93 bits per heavy atom. The molecule has 7 nitrogen and oxygen atoms in total. The highest BCUT2D eigenvalue weighted by Gasteiger charge is 2.42. The molecular formula is C20H19BrClFN2O5. The van der Waals surface area contributed by atoms with Crippen LogP contribution < -0.4 is 15.0 Å². The van der Waals surface area contributed by atoms with Crippen molar-refractivity contribution >= 4 is 45.0 Å². The molecule has 0 unspecified atom stereocenters. The number of benzene rings is 2. The van der Waals surface area contributed by atoms with Crippen LogP contribution in [0.5, 0.6) is 5.75 Å². The summed E-state index contributed by atoms with van der Waals surface area (Å²) >= 11 is 9.34. The lowest BCUT2D eigenvalue weighted by Crippen LogP contribution is -2.58. The largest absolute Gasteiger partial charge is 0.490 e. The Kier molecular flexibility index (Phi) is 5.80. The normalized spacial score (nSPS) is 23.4. The molecule has 2 aromatic carbocycles. The number of rotatable bonds is 4. The van der Waals surface area contributed by atoms with Gasteiger partial charge >= 0.3 is 6.09 Å². The third-order valence-corrected chi connectivity index (χ3v) is 6.16. The van der Waals surface area contributed by atoms with Crippen LogP contribution in [0.25, 0.3) is 0 Å². The summed E-state index contributed by atoms with van der Waals surface area (Å²) < 4.78 is 25.6. The van der Waals surface area contributed by atoms with Gasteiger partial charge in [-0.25, -0.2) is 9.18 Å². The molecule has 3 N–H and O–H groups in total. The Labute approximate surface area is 185 Å². The van der Waals surface area contributed by atoms with E-state index in [2.05, 4.69) is 21.2 Å². The first-order chi connectivity index (χ1) is 14.3. The molecule has 0 aliphatic carbocycles. The lowest BCUT2D eigenvalue weighted by molar-refractivity contribution is -0.109. The highest BCUT2D eigenvalue weighted by Crippen LogP contribution is 2.37. The van der Waals surface area contributed by atoms with Crippen molar-refractivity contribution in [3.8, 4) is 5.75 Å². The van der Waals surface area contributed by atoms with E-state index in [4.69, 9.17) is 21.1 Å². The third kappa shape index (κ3) is 4.07. The van der Waals surface area contributed by atoms with Crippen LogP contribution >= 0.6 is 27.5 Å². The topological polar surface area (TPSA) is 91.3 Å². The summed E-state index contributed by atoms with van der Waals surface area (Å²) in [5, 5.41) is 24.4. The second-order valence-electron chi connectivity index (χ2n) is 7.30. The number of ether oxygens (including phenoxy) is 2. The van der Waals surface area contributed by atoms with E-state index in [-0.39, 0.29) is 26.2 Å². The molecule has 0 radical (unpaired) electrons. The number of aliphatic hydroxyl groups is 2. The SMILES string of the molecule is O=C1Nc2c(Cl)ccc(OC[C@]3(O)CCN(c4ccc(Br)cc4F)C[C@H]3O)c2CO1. The fraction of sp³-hybridized carbons (Fsp3) is 0.350. The average Bonchev–Trinajstić information content (AvgIpc) is 2.70. The number of piperidine rings is 1. The van der Waals surface area contributed by atoms with E-state index < -0.39 is 23.6 Å². The molecular weight excluding hydrogens is 483 g/mol. The van der Waals surface area contributed by atoms with Crippen LogP contribution in [0, 0.1) is 5.82 Å². The van der Waals surface area contributed by atoms with Crippen molar-refractivity contribution in [1.29, 1.82) is 0 Å². The molecule has 160 valence electrons. The van der Waals surface area contributed by atoms with Crippen LogP contribution in [0.2, 0.25) is 5.02 Å². The number of nitrogens with one attached hydrogen (secondary N) is 1. The fourth-order valence-corrected chi connectivity index (χ4v) is 4.14. The van der Waals surface area contributed by atoms with Gasteiger partial charge in [0.15, 0.2) is 0 Å². The summed E-state index contributed by atoms with van der Waals surface area (Å²) in [6.45, 7) is 0.186. The molecule has 1 amide bonds. The van der Waals surface area contributed by atoms with Gasteiger partial charge in [0, 0.05) is 17.6 Å². The van der Waals surface area contributed by atoms with Crippen molar-refractivity contribution in [3.63, 3.8) is 0 Å². The molecule has 2 atom stereocenters. The highest BCUT2D eigenvalue weighted by atomic mass is 79.9. The van der Waals surface area contributed by atoms with Crippen LogP contribution in [-0.4, -0.2) is 47.7 Å².